The van der Waals surface area contributed by atoms with E-state index in [9.17, 15) is 9.59 Å². The Morgan fingerprint density at radius 1 is 0.767 bits per heavy atom. The second-order valence-electron chi connectivity index (χ2n) is 7.63. The molecule has 0 unspecified atom stereocenters. The highest BCUT2D eigenvalue weighted by molar-refractivity contribution is 5.95. The van der Waals surface area contributed by atoms with E-state index in [0.717, 1.165) is 17.2 Å². The zero-order valence-electron chi connectivity index (χ0n) is 17.4. The van der Waals surface area contributed by atoms with Crippen molar-refractivity contribution in [3.63, 3.8) is 0 Å². The number of aryl methyl sites for hydroxylation is 1. The molecule has 4 heteroatoms. The molecule has 0 saturated carbocycles. The molecule has 3 aromatic carbocycles. The van der Waals surface area contributed by atoms with Gasteiger partial charge in [-0.15, -0.1) is 0 Å². The van der Waals surface area contributed by atoms with Crippen molar-refractivity contribution >= 4 is 22.7 Å². The Morgan fingerprint density at radius 2 is 1.40 bits per heavy atom. The Labute approximate surface area is 177 Å². The van der Waals surface area contributed by atoms with Gasteiger partial charge in [-0.3, -0.25) is 0 Å². The van der Waals surface area contributed by atoms with Gasteiger partial charge >= 0.3 is 11.9 Å². The van der Waals surface area contributed by atoms with Gasteiger partial charge in [-0.05, 0) is 65.6 Å². The van der Waals surface area contributed by atoms with Crippen LogP contribution in [0, 0.1) is 0 Å². The summed E-state index contributed by atoms with van der Waals surface area (Å²) in [6.07, 6.45) is 8.65. The second-order valence-corrected chi connectivity index (χ2v) is 7.63. The maximum absolute atomic E-state index is 12.5. The van der Waals surface area contributed by atoms with Gasteiger partial charge in [0.1, 0.15) is 5.75 Å². The molecular formula is C26H28O4. The zero-order valence-corrected chi connectivity index (χ0v) is 17.4. The third kappa shape index (κ3) is 5.93. The fourth-order valence-electron chi connectivity index (χ4n) is 3.50. The van der Waals surface area contributed by atoms with Crippen LogP contribution < -0.4 is 4.74 Å². The molecule has 156 valence electrons. The van der Waals surface area contributed by atoms with E-state index in [4.69, 9.17) is 9.84 Å². The molecule has 30 heavy (non-hydrogen) atoms. The van der Waals surface area contributed by atoms with E-state index >= 15 is 0 Å². The van der Waals surface area contributed by atoms with Gasteiger partial charge in [-0.25, -0.2) is 9.59 Å². The molecule has 0 atom stereocenters. The van der Waals surface area contributed by atoms with E-state index in [1.54, 1.807) is 36.4 Å². The molecule has 0 aliphatic rings. The molecule has 0 saturated heterocycles. The van der Waals surface area contributed by atoms with Gasteiger partial charge in [-0.2, -0.15) is 0 Å². The van der Waals surface area contributed by atoms with Crippen molar-refractivity contribution < 1.29 is 19.4 Å². The van der Waals surface area contributed by atoms with Crippen molar-refractivity contribution in [3.05, 3.63) is 77.4 Å². The Kier molecular flexibility index (Phi) is 7.61. The van der Waals surface area contributed by atoms with Crippen molar-refractivity contribution in [3.8, 4) is 5.75 Å². The van der Waals surface area contributed by atoms with Gasteiger partial charge < -0.3 is 9.84 Å². The van der Waals surface area contributed by atoms with E-state index in [-0.39, 0.29) is 5.56 Å². The van der Waals surface area contributed by atoms with E-state index < -0.39 is 11.9 Å². The summed E-state index contributed by atoms with van der Waals surface area (Å²) in [4.78, 5) is 23.5. The summed E-state index contributed by atoms with van der Waals surface area (Å²) in [6.45, 7) is 2.23. The maximum atomic E-state index is 12.5. The number of carboxylic acids is 1. The number of aromatic carboxylic acids is 1. The van der Waals surface area contributed by atoms with Crippen LogP contribution in [-0.4, -0.2) is 17.0 Å². The summed E-state index contributed by atoms with van der Waals surface area (Å²) in [5.74, 6) is -0.929. The van der Waals surface area contributed by atoms with Crippen molar-refractivity contribution in [2.45, 2.75) is 51.9 Å². The molecule has 0 spiro atoms. The summed E-state index contributed by atoms with van der Waals surface area (Å²) in [6, 6.07) is 17.7. The predicted molar refractivity (Wildman–Crippen MR) is 119 cm³/mol. The van der Waals surface area contributed by atoms with Gasteiger partial charge in [0.15, 0.2) is 0 Å². The lowest BCUT2D eigenvalue weighted by atomic mass is 10.0. The molecule has 0 aliphatic carbocycles. The molecule has 0 heterocycles. The number of carbonyl (C=O) groups is 2. The third-order valence-corrected chi connectivity index (χ3v) is 5.28. The van der Waals surface area contributed by atoms with Crippen LogP contribution in [0.1, 0.15) is 71.7 Å². The highest BCUT2D eigenvalue weighted by atomic mass is 16.5. The van der Waals surface area contributed by atoms with E-state index in [1.165, 1.54) is 44.1 Å². The molecule has 3 aromatic rings. The largest absolute Gasteiger partial charge is 0.478 e. The van der Waals surface area contributed by atoms with Crippen molar-refractivity contribution in [1.29, 1.82) is 0 Å². The molecule has 0 radical (unpaired) electrons. The first kappa shape index (κ1) is 21.6. The molecule has 0 bridgehead atoms. The Hall–Kier alpha value is -3.14. The topological polar surface area (TPSA) is 63.6 Å². The van der Waals surface area contributed by atoms with Crippen LogP contribution >= 0.6 is 0 Å². The Bertz CT molecular complexity index is 1010. The zero-order chi connectivity index (χ0) is 21.3. The fraction of sp³-hybridized carbons (Fsp3) is 0.308. The molecular weight excluding hydrogens is 376 g/mol. The average molecular weight is 405 g/mol. The normalized spacial score (nSPS) is 10.8. The first-order chi connectivity index (χ1) is 14.6. The van der Waals surface area contributed by atoms with E-state index in [0.29, 0.717) is 11.3 Å². The van der Waals surface area contributed by atoms with Crippen molar-refractivity contribution in [1.82, 2.24) is 0 Å². The second kappa shape index (κ2) is 10.6. The van der Waals surface area contributed by atoms with E-state index in [2.05, 4.69) is 6.92 Å². The number of benzene rings is 3. The lowest BCUT2D eigenvalue weighted by molar-refractivity contribution is 0.0694. The smallest absolute Gasteiger partial charge is 0.343 e. The summed E-state index contributed by atoms with van der Waals surface area (Å²) >= 11 is 0. The van der Waals surface area contributed by atoms with Crippen molar-refractivity contribution in [2.75, 3.05) is 0 Å². The van der Waals surface area contributed by atoms with Gasteiger partial charge in [0.2, 0.25) is 0 Å². The van der Waals surface area contributed by atoms with Crippen molar-refractivity contribution in [2.24, 2.45) is 0 Å². The molecule has 4 nitrogen and oxygen atoms in total. The van der Waals surface area contributed by atoms with Crippen LogP contribution in [0.2, 0.25) is 0 Å². The highest BCUT2D eigenvalue weighted by Crippen LogP contribution is 2.23. The summed E-state index contributed by atoms with van der Waals surface area (Å²) in [5, 5.41) is 10.7. The van der Waals surface area contributed by atoms with Crippen LogP contribution in [0.5, 0.6) is 5.75 Å². The summed E-state index contributed by atoms with van der Waals surface area (Å²) < 4.78 is 5.51. The van der Waals surface area contributed by atoms with Gasteiger partial charge in [0.25, 0.3) is 0 Å². The number of ether oxygens (including phenoxy) is 1. The molecule has 0 aromatic heterocycles. The fourth-order valence-corrected chi connectivity index (χ4v) is 3.50. The molecule has 3 rings (SSSR count). The number of hydrogen-bond acceptors (Lipinski definition) is 3. The third-order valence-electron chi connectivity index (χ3n) is 5.28. The first-order valence-electron chi connectivity index (χ1n) is 10.6. The lowest BCUT2D eigenvalue weighted by Gasteiger charge is -2.07. The quantitative estimate of drug-likeness (QED) is 0.233. The minimum Gasteiger partial charge on any atom is -0.478 e. The lowest BCUT2D eigenvalue weighted by Crippen LogP contribution is -2.08. The molecule has 0 fully saturated rings. The van der Waals surface area contributed by atoms with Crippen LogP contribution in [-0.2, 0) is 6.42 Å². The van der Waals surface area contributed by atoms with Crippen LogP contribution in [0.15, 0.2) is 60.7 Å². The number of carbonyl (C=O) groups excluding carboxylic acids is 1. The number of hydrogen-bond donors (Lipinski definition) is 1. The number of carboxylic acid groups (broad SMARTS) is 1. The molecule has 0 aliphatic heterocycles. The van der Waals surface area contributed by atoms with Gasteiger partial charge in [0, 0.05) is 0 Å². The van der Waals surface area contributed by atoms with Gasteiger partial charge in [0.05, 0.1) is 11.1 Å². The van der Waals surface area contributed by atoms with Crippen LogP contribution in [0.25, 0.3) is 10.8 Å². The monoisotopic (exact) mass is 404 g/mol. The number of rotatable bonds is 10. The van der Waals surface area contributed by atoms with E-state index in [1.807, 2.05) is 24.3 Å². The summed E-state index contributed by atoms with van der Waals surface area (Å²) in [5.41, 5.74) is 1.98. The average Bonchev–Trinajstić information content (AvgIpc) is 2.76. The Balaban J connectivity index is 1.56. The van der Waals surface area contributed by atoms with Crippen LogP contribution in [0.4, 0.5) is 0 Å². The van der Waals surface area contributed by atoms with Crippen LogP contribution in [0.3, 0.4) is 0 Å². The highest BCUT2D eigenvalue weighted by Gasteiger charge is 2.10. The van der Waals surface area contributed by atoms with Gasteiger partial charge in [-0.1, -0.05) is 63.3 Å². The SMILES string of the molecule is CCCCCCCCc1ccc(C(=O)Oc2ccc3cc(C(=O)O)ccc3c2)cc1. The Morgan fingerprint density at radius 3 is 2.13 bits per heavy atom. The maximum Gasteiger partial charge on any atom is 0.343 e. The summed E-state index contributed by atoms with van der Waals surface area (Å²) in [7, 11) is 0. The molecule has 1 N–H and O–H groups in total. The first-order valence-corrected chi connectivity index (χ1v) is 10.6. The number of unbranched alkanes of at least 4 members (excludes halogenated alkanes) is 5. The number of fused-ring (bicyclic) bond motifs is 1. The predicted octanol–water partition coefficient (Wildman–Crippen LogP) is 6.66. The minimum atomic E-state index is -0.965. The standard InChI is InChI=1S/C26H28O4/c1-2-3-4-5-6-7-8-19-9-11-20(12-10-19)26(29)30-24-16-15-21-17-23(25(27)28)14-13-22(21)18-24/h9-18H,2-8H2,1H3,(H,27,28). The minimum absolute atomic E-state index is 0.230. The molecule has 0 amide bonds. The number of esters is 1.